The fourth-order valence-corrected chi connectivity index (χ4v) is 2.80. The molecule has 1 aliphatic rings. The SMILES string of the molecule is CCc1c(C)nc(-c2ccccc2C2CC2)nc1NC. The van der Waals surface area contributed by atoms with Gasteiger partial charge in [-0.2, -0.15) is 0 Å². The molecule has 3 heteroatoms. The molecule has 1 fully saturated rings. The molecule has 0 aliphatic heterocycles. The standard InChI is InChI=1S/C17H21N3/c1-4-13-11(2)19-17(20-16(13)18-3)15-8-6-5-7-14(15)12-9-10-12/h5-8,12H,4,9-10H2,1-3H3,(H,18,19,20). The molecule has 1 aromatic heterocycles. The summed E-state index contributed by atoms with van der Waals surface area (Å²) in [5, 5.41) is 3.21. The fraction of sp³-hybridized carbons (Fsp3) is 0.412. The van der Waals surface area contributed by atoms with Gasteiger partial charge in [0.2, 0.25) is 0 Å². The predicted molar refractivity (Wildman–Crippen MR) is 83.1 cm³/mol. The van der Waals surface area contributed by atoms with Crippen molar-refractivity contribution < 1.29 is 0 Å². The summed E-state index contributed by atoms with van der Waals surface area (Å²) in [6, 6.07) is 8.56. The van der Waals surface area contributed by atoms with Crippen molar-refractivity contribution >= 4 is 5.82 Å². The van der Waals surface area contributed by atoms with Gasteiger partial charge < -0.3 is 5.32 Å². The van der Waals surface area contributed by atoms with Crippen LogP contribution >= 0.6 is 0 Å². The lowest BCUT2D eigenvalue weighted by atomic mass is 10.0. The second kappa shape index (κ2) is 5.23. The number of aryl methyl sites for hydroxylation is 1. The van der Waals surface area contributed by atoms with E-state index in [1.807, 2.05) is 7.05 Å². The van der Waals surface area contributed by atoms with Crippen molar-refractivity contribution in [2.75, 3.05) is 12.4 Å². The van der Waals surface area contributed by atoms with Crippen LogP contribution in [-0.4, -0.2) is 17.0 Å². The minimum Gasteiger partial charge on any atom is -0.373 e. The first-order chi connectivity index (χ1) is 9.74. The summed E-state index contributed by atoms with van der Waals surface area (Å²) < 4.78 is 0. The number of hydrogen-bond acceptors (Lipinski definition) is 3. The van der Waals surface area contributed by atoms with E-state index in [1.54, 1.807) is 0 Å². The molecule has 0 radical (unpaired) electrons. The van der Waals surface area contributed by atoms with Crippen molar-refractivity contribution in [1.29, 1.82) is 0 Å². The summed E-state index contributed by atoms with van der Waals surface area (Å²) in [7, 11) is 1.93. The average Bonchev–Trinajstić information content (AvgIpc) is 3.31. The lowest BCUT2D eigenvalue weighted by molar-refractivity contribution is 0.996. The van der Waals surface area contributed by atoms with Gasteiger partial charge in [-0.3, -0.25) is 0 Å². The summed E-state index contributed by atoms with van der Waals surface area (Å²) in [5.74, 6) is 2.52. The summed E-state index contributed by atoms with van der Waals surface area (Å²) >= 11 is 0. The monoisotopic (exact) mass is 267 g/mol. The highest BCUT2D eigenvalue weighted by atomic mass is 15.0. The molecule has 0 amide bonds. The second-order valence-electron chi connectivity index (χ2n) is 5.42. The van der Waals surface area contributed by atoms with Gasteiger partial charge in [0.15, 0.2) is 5.82 Å². The van der Waals surface area contributed by atoms with Crippen LogP contribution in [0.4, 0.5) is 5.82 Å². The van der Waals surface area contributed by atoms with Crippen molar-refractivity contribution in [2.45, 2.75) is 39.0 Å². The van der Waals surface area contributed by atoms with Gasteiger partial charge in [0.05, 0.1) is 0 Å². The fourth-order valence-electron chi connectivity index (χ4n) is 2.80. The van der Waals surface area contributed by atoms with Crippen molar-refractivity contribution in [2.24, 2.45) is 0 Å². The maximum absolute atomic E-state index is 4.74. The van der Waals surface area contributed by atoms with Crippen LogP contribution in [0.15, 0.2) is 24.3 Å². The molecular formula is C17H21N3. The van der Waals surface area contributed by atoms with Crippen molar-refractivity contribution in [3.05, 3.63) is 41.1 Å². The van der Waals surface area contributed by atoms with E-state index < -0.39 is 0 Å². The third kappa shape index (κ3) is 2.28. The molecule has 1 aromatic carbocycles. The Bertz CT molecular complexity index is 630. The number of aromatic nitrogens is 2. The van der Waals surface area contributed by atoms with Gasteiger partial charge in [-0.1, -0.05) is 31.2 Å². The van der Waals surface area contributed by atoms with Gasteiger partial charge in [-0.05, 0) is 37.7 Å². The summed E-state index contributed by atoms with van der Waals surface area (Å²) in [6.45, 7) is 4.22. The van der Waals surface area contributed by atoms with Crippen LogP contribution in [0.3, 0.4) is 0 Å². The average molecular weight is 267 g/mol. The van der Waals surface area contributed by atoms with Crippen LogP contribution in [0.5, 0.6) is 0 Å². The molecule has 104 valence electrons. The third-order valence-electron chi connectivity index (χ3n) is 4.02. The molecule has 0 spiro atoms. The first-order valence-electron chi connectivity index (χ1n) is 7.39. The Labute approximate surface area is 120 Å². The number of hydrogen-bond donors (Lipinski definition) is 1. The maximum Gasteiger partial charge on any atom is 0.162 e. The smallest absolute Gasteiger partial charge is 0.162 e. The molecule has 0 saturated heterocycles. The highest BCUT2D eigenvalue weighted by Gasteiger charge is 2.27. The third-order valence-corrected chi connectivity index (χ3v) is 4.02. The van der Waals surface area contributed by atoms with Gasteiger partial charge in [-0.25, -0.2) is 9.97 Å². The number of nitrogens with zero attached hydrogens (tertiary/aromatic N) is 2. The van der Waals surface area contributed by atoms with Crippen LogP contribution in [0.2, 0.25) is 0 Å². The molecule has 1 aliphatic carbocycles. The minimum absolute atomic E-state index is 0.707. The Balaban J connectivity index is 2.13. The zero-order valence-electron chi connectivity index (χ0n) is 12.4. The molecule has 0 atom stereocenters. The van der Waals surface area contributed by atoms with Crippen LogP contribution < -0.4 is 5.32 Å². The van der Waals surface area contributed by atoms with Gasteiger partial charge in [0, 0.05) is 23.9 Å². The van der Waals surface area contributed by atoms with Crippen molar-refractivity contribution in [3.8, 4) is 11.4 Å². The van der Waals surface area contributed by atoms with E-state index in [0.29, 0.717) is 5.92 Å². The Kier molecular flexibility index (Phi) is 3.43. The largest absolute Gasteiger partial charge is 0.373 e. The quantitative estimate of drug-likeness (QED) is 0.912. The van der Waals surface area contributed by atoms with E-state index in [1.165, 1.54) is 29.5 Å². The Hall–Kier alpha value is -1.90. The van der Waals surface area contributed by atoms with E-state index in [2.05, 4.69) is 43.4 Å². The molecule has 3 rings (SSSR count). The maximum atomic E-state index is 4.74. The van der Waals surface area contributed by atoms with E-state index >= 15 is 0 Å². The van der Waals surface area contributed by atoms with Gasteiger partial charge in [0.25, 0.3) is 0 Å². The highest BCUT2D eigenvalue weighted by Crippen LogP contribution is 2.43. The minimum atomic E-state index is 0.707. The van der Waals surface area contributed by atoms with Crippen LogP contribution in [0.1, 0.15) is 42.5 Å². The van der Waals surface area contributed by atoms with Crippen LogP contribution in [0.25, 0.3) is 11.4 Å². The summed E-state index contributed by atoms with van der Waals surface area (Å²) in [4.78, 5) is 9.48. The topological polar surface area (TPSA) is 37.8 Å². The first-order valence-corrected chi connectivity index (χ1v) is 7.39. The molecule has 3 nitrogen and oxygen atoms in total. The number of rotatable bonds is 4. The molecule has 0 unspecified atom stereocenters. The Morgan fingerprint density at radius 3 is 2.60 bits per heavy atom. The first kappa shape index (κ1) is 13.1. The van der Waals surface area contributed by atoms with Gasteiger partial charge in [-0.15, -0.1) is 0 Å². The number of anilines is 1. The molecule has 2 aromatic rings. The van der Waals surface area contributed by atoms with Gasteiger partial charge in [0.1, 0.15) is 5.82 Å². The predicted octanol–water partition coefficient (Wildman–Crippen LogP) is 3.93. The molecule has 20 heavy (non-hydrogen) atoms. The summed E-state index contributed by atoms with van der Waals surface area (Å²) in [5.41, 5.74) is 4.88. The lowest BCUT2D eigenvalue weighted by Gasteiger charge is -2.13. The molecule has 0 bridgehead atoms. The molecule has 1 N–H and O–H groups in total. The molecule has 1 saturated carbocycles. The Morgan fingerprint density at radius 1 is 1.20 bits per heavy atom. The molecular weight excluding hydrogens is 246 g/mol. The highest BCUT2D eigenvalue weighted by molar-refractivity contribution is 5.65. The lowest BCUT2D eigenvalue weighted by Crippen LogP contribution is -2.05. The normalized spacial score (nSPS) is 14.3. The van der Waals surface area contributed by atoms with Crippen molar-refractivity contribution in [1.82, 2.24) is 9.97 Å². The second-order valence-corrected chi connectivity index (χ2v) is 5.42. The van der Waals surface area contributed by atoms with Gasteiger partial charge >= 0.3 is 0 Å². The molecule has 1 heterocycles. The number of benzene rings is 1. The Morgan fingerprint density at radius 2 is 1.95 bits per heavy atom. The van der Waals surface area contributed by atoms with E-state index in [0.717, 1.165) is 23.8 Å². The van der Waals surface area contributed by atoms with Crippen molar-refractivity contribution in [3.63, 3.8) is 0 Å². The summed E-state index contributed by atoms with van der Waals surface area (Å²) in [6.07, 6.45) is 3.54. The van der Waals surface area contributed by atoms with E-state index in [-0.39, 0.29) is 0 Å². The zero-order valence-corrected chi connectivity index (χ0v) is 12.4. The van der Waals surface area contributed by atoms with Crippen LogP contribution in [0, 0.1) is 6.92 Å². The van der Waals surface area contributed by atoms with Crippen LogP contribution in [-0.2, 0) is 6.42 Å². The van der Waals surface area contributed by atoms with E-state index in [4.69, 9.17) is 9.97 Å². The number of nitrogens with one attached hydrogen (secondary N) is 1. The van der Waals surface area contributed by atoms with E-state index in [9.17, 15) is 0 Å². The zero-order chi connectivity index (χ0) is 14.1.